The highest BCUT2D eigenvalue weighted by molar-refractivity contribution is 5.91. The van der Waals surface area contributed by atoms with Crippen LogP contribution in [0, 0.1) is 34.5 Å². The summed E-state index contributed by atoms with van der Waals surface area (Å²) in [5.74, 6) is 3.10. The number of oxime groups is 1. The Morgan fingerprint density at radius 1 is 1.00 bits per heavy atom. The summed E-state index contributed by atoms with van der Waals surface area (Å²) in [5.41, 5.74) is 1.68. The van der Waals surface area contributed by atoms with Crippen LogP contribution in [0.1, 0.15) is 71.6 Å². The van der Waals surface area contributed by atoms with Gasteiger partial charge in [0.2, 0.25) is 0 Å². The maximum absolute atomic E-state index is 10.1. The zero-order chi connectivity index (χ0) is 15.5. The van der Waals surface area contributed by atoms with Crippen LogP contribution >= 0.6 is 0 Å². The fraction of sp³-hybridized carbons (Fsp3) is 0.947. The van der Waals surface area contributed by atoms with E-state index in [1.165, 1.54) is 38.5 Å². The molecule has 0 amide bonds. The summed E-state index contributed by atoms with van der Waals surface area (Å²) >= 11 is 0. The van der Waals surface area contributed by atoms with E-state index in [0.717, 1.165) is 48.6 Å². The zero-order valence-electron chi connectivity index (χ0n) is 14.1. The van der Waals surface area contributed by atoms with Gasteiger partial charge in [0.05, 0.1) is 11.8 Å². The monoisotopic (exact) mass is 305 g/mol. The molecule has 0 aromatic rings. The Balaban J connectivity index is 1.63. The predicted octanol–water partition coefficient (Wildman–Crippen LogP) is 4.22. The van der Waals surface area contributed by atoms with Crippen molar-refractivity contribution in [1.82, 2.24) is 0 Å². The van der Waals surface area contributed by atoms with Crippen molar-refractivity contribution in [3.63, 3.8) is 0 Å². The molecule has 4 fully saturated rings. The number of hydrogen-bond donors (Lipinski definition) is 2. The second-order valence-electron chi connectivity index (χ2n) is 9.13. The molecule has 4 rings (SSSR count). The lowest BCUT2D eigenvalue weighted by Gasteiger charge is -2.60. The van der Waals surface area contributed by atoms with Crippen molar-refractivity contribution in [3.8, 4) is 0 Å². The average Bonchev–Trinajstić information content (AvgIpc) is 2.84. The molecule has 0 aliphatic heterocycles. The van der Waals surface area contributed by atoms with Crippen molar-refractivity contribution in [1.29, 1.82) is 0 Å². The number of rotatable bonds is 0. The summed E-state index contributed by atoms with van der Waals surface area (Å²) in [4.78, 5) is 0. The second-order valence-corrected chi connectivity index (χ2v) is 9.13. The highest BCUT2D eigenvalue weighted by Gasteiger charge is 2.59. The third kappa shape index (κ3) is 1.87. The van der Waals surface area contributed by atoms with Crippen LogP contribution < -0.4 is 0 Å². The van der Waals surface area contributed by atoms with Gasteiger partial charge in [-0.2, -0.15) is 0 Å². The van der Waals surface area contributed by atoms with Crippen LogP contribution in [0.3, 0.4) is 0 Å². The second kappa shape index (κ2) is 4.96. The minimum Gasteiger partial charge on any atom is -0.411 e. The SMILES string of the molecule is C[C@]12CC[C@H](O)C[C@@H]1CC[C@@H]1[C@@H]2CC[C@]2(C)/C(=N\O)CC[C@@H]12. The minimum absolute atomic E-state index is 0.0527. The van der Waals surface area contributed by atoms with Crippen molar-refractivity contribution in [2.75, 3.05) is 0 Å². The summed E-state index contributed by atoms with van der Waals surface area (Å²) in [6.07, 6.45) is 10.5. The fourth-order valence-corrected chi connectivity index (χ4v) is 7.19. The van der Waals surface area contributed by atoms with Crippen LogP contribution in [0.4, 0.5) is 0 Å². The fourth-order valence-electron chi connectivity index (χ4n) is 7.19. The predicted molar refractivity (Wildman–Crippen MR) is 87.0 cm³/mol. The first-order chi connectivity index (χ1) is 10.5. The van der Waals surface area contributed by atoms with Gasteiger partial charge in [-0.05, 0) is 86.9 Å². The summed E-state index contributed by atoms with van der Waals surface area (Å²) in [6, 6.07) is 0. The Kier molecular flexibility index (Phi) is 3.38. The van der Waals surface area contributed by atoms with E-state index in [9.17, 15) is 10.3 Å². The van der Waals surface area contributed by atoms with Crippen molar-refractivity contribution in [2.45, 2.75) is 77.7 Å². The Morgan fingerprint density at radius 2 is 1.82 bits per heavy atom. The Labute approximate surface area is 134 Å². The molecule has 22 heavy (non-hydrogen) atoms. The number of nitrogens with zero attached hydrogens (tertiary/aromatic N) is 1. The van der Waals surface area contributed by atoms with Gasteiger partial charge < -0.3 is 10.3 Å². The molecule has 0 unspecified atom stereocenters. The molecule has 7 atom stereocenters. The van der Waals surface area contributed by atoms with Crippen molar-refractivity contribution < 1.29 is 10.3 Å². The molecule has 4 aliphatic carbocycles. The molecular weight excluding hydrogens is 274 g/mol. The third-order valence-corrected chi connectivity index (χ3v) is 8.50. The Bertz CT molecular complexity index is 490. The van der Waals surface area contributed by atoms with E-state index in [4.69, 9.17) is 0 Å². The molecule has 0 aromatic carbocycles. The quantitative estimate of drug-likeness (QED) is 0.520. The molecule has 0 heterocycles. The van der Waals surface area contributed by atoms with E-state index < -0.39 is 0 Å². The van der Waals surface area contributed by atoms with Crippen LogP contribution in [0.25, 0.3) is 0 Å². The Morgan fingerprint density at radius 3 is 2.59 bits per heavy atom. The molecule has 0 radical (unpaired) electrons. The Hall–Kier alpha value is -0.570. The van der Waals surface area contributed by atoms with E-state index in [2.05, 4.69) is 19.0 Å². The molecule has 4 aliphatic rings. The van der Waals surface area contributed by atoms with Crippen molar-refractivity contribution in [3.05, 3.63) is 0 Å². The molecule has 3 heteroatoms. The summed E-state index contributed by atoms with van der Waals surface area (Å²) in [6.45, 7) is 4.88. The molecular formula is C19H31NO2. The van der Waals surface area contributed by atoms with Gasteiger partial charge in [-0.3, -0.25) is 0 Å². The molecule has 124 valence electrons. The topological polar surface area (TPSA) is 52.8 Å². The average molecular weight is 305 g/mol. The molecule has 3 nitrogen and oxygen atoms in total. The smallest absolute Gasteiger partial charge is 0.0632 e. The maximum atomic E-state index is 10.1. The van der Waals surface area contributed by atoms with E-state index in [-0.39, 0.29) is 11.5 Å². The van der Waals surface area contributed by atoms with Crippen LogP contribution in [0.2, 0.25) is 0 Å². The van der Waals surface area contributed by atoms with Gasteiger partial charge in [-0.25, -0.2) is 0 Å². The van der Waals surface area contributed by atoms with Gasteiger partial charge in [0.15, 0.2) is 0 Å². The largest absolute Gasteiger partial charge is 0.411 e. The van der Waals surface area contributed by atoms with Crippen LogP contribution in [-0.4, -0.2) is 22.1 Å². The highest BCUT2D eigenvalue weighted by Crippen LogP contribution is 2.65. The minimum atomic E-state index is -0.0527. The van der Waals surface area contributed by atoms with E-state index >= 15 is 0 Å². The lowest BCUT2D eigenvalue weighted by molar-refractivity contribution is -0.114. The molecule has 0 aromatic heterocycles. The molecule has 0 bridgehead atoms. The molecule has 4 saturated carbocycles. The van der Waals surface area contributed by atoms with Crippen LogP contribution in [-0.2, 0) is 0 Å². The number of fused-ring (bicyclic) bond motifs is 5. The van der Waals surface area contributed by atoms with E-state index in [1.807, 2.05) is 0 Å². The lowest BCUT2D eigenvalue weighted by Crippen LogP contribution is -2.54. The van der Waals surface area contributed by atoms with E-state index in [0.29, 0.717) is 5.41 Å². The van der Waals surface area contributed by atoms with Crippen molar-refractivity contribution in [2.24, 2.45) is 39.7 Å². The summed E-state index contributed by atoms with van der Waals surface area (Å²) in [7, 11) is 0. The van der Waals surface area contributed by atoms with E-state index in [1.54, 1.807) is 0 Å². The molecule has 0 saturated heterocycles. The van der Waals surface area contributed by atoms with Gasteiger partial charge >= 0.3 is 0 Å². The van der Waals surface area contributed by atoms with Gasteiger partial charge in [0.25, 0.3) is 0 Å². The molecule has 2 N–H and O–H groups in total. The van der Waals surface area contributed by atoms with Gasteiger partial charge in [-0.1, -0.05) is 19.0 Å². The standard InChI is InChI=1S/C19H31NO2/c1-18-9-7-13(21)11-12(18)3-4-14-15-5-6-17(20-22)19(15,2)10-8-16(14)18/h12-16,21-22H,3-11H2,1-2H3/b20-17-/t12-,13-,14-,15-,16-,18-,19-/m0/s1. The van der Waals surface area contributed by atoms with Crippen molar-refractivity contribution >= 4 is 5.71 Å². The first-order valence-electron chi connectivity index (χ1n) is 9.38. The summed E-state index contributed by atoms with van der Waals surface area (Å²) < 4.78 is 0. The lowest BCUT2D eigenvalue weighted by atomic mass is 9.45. The normalized spacial score (nSPS) is 56.3. The first kappa shape index (κ1) is 15.0. The van der Waals surface area contributed by atoms with Gasteiger partial charge in [-0.15, -0.1) is 0 Å². The zero-order valence-corrected chi connectivity index (χ0v) is 14.1. The third-order valence-electron chi connectivity index (χ3n) is 8.50. The number of aliphatic hydroxyl groups excluding tert-OH is 1. The first-order valence-corrected chi connectivity index (χ1v) is 9.38. The van der Waals surface area contributed by atoms with Crippen LogP contribution in [0.15, 0.2) is 5.16 Å². The number of aliphatic hydroxyl groups is 1. The van der Waals surface area contributed by atoms with Crippen LogP contribution in [0.5, 0.6) is 0 Å². The van der Waals surface area contributed by atoms with Gasteiger partial charge in [0, 0.05) is 5.41 Å². The van der Waals surface area contributed by atoms with Gasteiger partial charge in [0.1, 0.15) is 0 Å². The molecule has 0 spiro atoms. The highest BCUT2D eigenvalue weighted by atomic mass is 16.4. The number of hydrogen-bond acceptors (Lipinski definition) is 3. The summed E-state index contributed by atoms with van der Waals surface area (Å²) in [5, 5.41) is 23.1. The maximum Gasteiger partial charge on any atom is 0.0632 e.